The van der Waals surface area contributed by atoms with Gasteiger partial charge in [0, 0.05) is 25.7 Å². The first kappa shape index (κ1) is 25.4. The summed E-state index contributed by atoms with van der Waals surface area (Å²) in [6, 6.07) is 37.7. The largest absolute Gasteiger partial charge is 0.310 e. The summed E-state index contributed by atoms with van der Waals surface area (Å²) in [4.78, 5) is 2.37. The van der Waals surface area contributed by atoms with Crippen molar-refractivity contribution in [2.75, 3.05) is 4.90 Å². The molecular weight excluding hydrogens is 594 g/mol. The van der Waals surface area contributed by atoms with Crippen molar-refractivity contribution in [1.82, 2.24) is 0 Å². The van der Waals surface area contributed by atoms with E-state index in [4.69, 9.17) is 0 Å². The highest BCUT2D eigenvalue weighted by atomic mass is 79.9. The molecule has 38 heavy (non-hydrogen) atoms. The van der Waals surface area contributed by atoms with E-state index in [1.807, 2.05) is 0 Å². The van der Waals surface area contributed by atoms with Crippen molar-refractivity contribution in [1.29, 1.82) is 0 Å². The van der Waals surface area contributed by atoms with Gasteiger partial charge in [0.05, 0.1) is 5.69 Å². The predicted molar refractivity (Wildman–Crippen MR) is 170 cm³/mol. The smallest absolute Gasteiger partial charge is 0.0546 e. The van der Waals surface area contributed by atoms with E-state index in [1.54, 1.807) is 0 Å². The number of hydrogen-bond acceptors (Lipinski definition) is 1. The van der Waals surface area contributed by atoms with Gasteiger partial charge < -0.3 is 4.90 Å². The van der Waals surface area contributed by atoms with E-state index < -0.39 is 0 Å². The number of rotatable bonds is 4. The molecule has 0 atom stereocenters. The van der Waals surface area contributed by atoms with Gasteiger partial charge >= 0.3 is 0 Å². The highest BCUT2D eigenvalue weighted by Gasteiger charge is 2.41. The van der Waals surface area contributed by atoms with Crippen molar-refractivity contribution >= 4 is 59.7 Å². The molecule has 0 saturated heterocycles. The first-order valence-corrected chi connectivity index (χ1v) is 14.7. The molecule has 5 aromatic rings. The summed E-state index contributed by atoms with van der Waals surface area (Å²) >= 11 is 7.23. The van der Waals surface area contributed by atoms with E-state index in [0.29, 0.717) is 0 Å². The van der Waals surface area contributed by atoms with Crippen molar-refractivity contribution in [2.24, 2.45) is 0 Å². The second kappa shape index (κ2) is 9.39. The third-order valence-electron chi connectivity index (χ3n) is 7.95. The summed E-state index contributed by atoms with van der Waals surface area (Å²) in [6.45, 7) is 9.53. The van der Waals surface area contributed by atoms with Crippen LogP contribution in [0.5, 0.6) is 0 Å². The molecule has 0 aromatic heterocycles. The molecule has 6 rings (SSSR count). The Labute approximate surface area is 242 Å². The van der Waals surface area contributed by atoms with Gasteiger partial charge in [0.1, 0.15) is 0 Å². The molecule has 0 saturated carbocycles. The third-order valence-corrected chi connectivity index (χ3v) is 9.00. The van der Waals surface area contributed by atoms with Gasteiger partial charge in [0.15, 0.2) is 0 Å². The lowest BCUT2D eigenvalue weighted by atomic mass is 9.82. The van der Waals surface area contributed by atoms with Crippen LogP contribution < -0.4 is 4.90 Å². The normalized spacial score (nSPS) is 15.4. The Kier molecular flexibility index (Phi) is 6.28. The van der Waals surface area contributed by atoms with Gasteiger partial charge in [-0.15, -0.1) is 0 Å². The molecule has 0 fully saturated rings. The van der Waals surface area contributed by atoms with Crippen LogP contribution in [0, 0.1) is 0 Å². The van der Waals surface area contributed by atoms with Gasteiger partial charge in [0.2, 0.25) is 0 Å². The number of nitrogens with zero attached hydrogens (tertiary/aromatic N) is 1. The quantitative estimate of drug-likeness (QED) is 0.192. The SMILES string of the molecule is CC1(C)CC(C)(C)c2cc(-c3cc(N(c4ccc(Br)cc4)c4ccc(Br)cc4)c4ccccc4c3)ccc21. The highest BCUT2D eigenvalue weighted by Crippen LogP contribution is 2.50. The van der Waals surface area contributed by atoms with Crippen LogP contribution in [0.2, 0.25) is 0 Å². The summed E-state index contributed by atoms with van der Waals surface area (Å²) in [6.07, 6.45) is 1.17. The van der Waals surface area contributed by atoms with Crippen molar-refractivity contribution in [3.63, 3.8) is 0 Å². The fraction of sp³-hybridized carbons (Fsp3) is 0.200. The zero-order valence-electron chi connectivity index (χ0n) is 22.2. The number of fused-ring (bicyclic) bond motifs is 2. The van der Waals surface area contributed by atoms with E-state index >= 15 is 0 Å². The number of halogens is 2. The molecular formula is C35H31Br2N. The van der Waals surface area contributed by atoms with Crippen LogP contribution in [0.4, 0.5) is 17.1 Å². The standard InChI is InChI=1S/C35H31Br2N/c1-34(2)22-35(3,4)32-20-23(9-18-31(32)34)25-19-24-7-5-6-8-30(24)33(21-25)38(28-14-10-26(36)11-15-28)29-16-12-27(37)13-17-29/h5-21H,22H2,1-4H3. The Bertz CT molecular complexity index is 1600. The minimum Gasteiger partial charge on any atom is -0.310 e. The van der Waals surface area contributed by atoms with Gasteiger partial charge in [-0.2, -0.15) is 0 Å². The molecule has 3 heteroatoms. The van der Waals surface area contributed by atoms with Crippen molar-refractivity contribution in [3.8, 4) is 11.1 Å². The maximum absolute atomic E-state index is 3.62. The Morgan fingerprint density at radius 2 is 1.16 bits per heavy atom. The molecule has 0 bridgehead atoms. The number of anilines is 3. The summed E-state index contributed by atoms with van der Waals surface area (Å²) in [5, 5.41) is 2.46. The average molecular weight is 625 g/mol. The molecule has 1 nitrogen and oxygen atoms in total. The van der Waals surface area contributed by atoms with Crippen LogP contribution in [0.25, 0.3) is 21.9 Å². The maximum Gasteiger partial charge on any atom is 0.0546 e. The zero-order chi connectivity index (χ0) is 26.7. The van der Waals surface area contributed by atoms with Crippen molar-refractivity contribution < 1.29 is 0 Å². The van der Waals surface area contributed by atoms with Gasteiger partial charge in [-0.05, 0) is 106 Å². The molecule has 0 aliphatic heterocycles. The first-order chi connectivity index (χ1) is 18.1. The molecule has 0 N–H and O–H groups in total. The molecule has 0 amide bonds. The van der Waals surface area contributed by atoms with Crippen LogP contribution in [0.3, 0.4) is 0 Å². The summed E-state index contributed by atoms with van der Waals surface area (Å²) in [5.74, 6) is 0. The van der Waals surface area contributed by atoms with E-state index in [1.165, 1.54) is 45.1 Å². The molecule has 1 aliphatic rings. The Balaban J connectivity index is 1.59. The van der Waals surface area contributed by atoms with E-state index in [9.17, 15) is 0 Å². The predicted octanol–water partition coefficient (Wildman–Crippen LogP) is 11.5. The molecule has 0 heterocycles. The fourth-order valence-electron chi connectivity index (χ4n) is 6.42. The molecule has 1 aliphatic carbocycles. The Hall–Kier alpha value is -2.88. The van der Waals surface area contributed by atoms with E-state index in [2.05, 4.69) is 168 Å². The monoisotopic (exact) mass is 623 g/mol. The van der Waals surface area contributed by atoms with Crippen LogP contribution in [-0.2, 0) is 10.8 Å². The second-order valence-electron chi connectivity index (χ2n) is 11.7. The van der Waals surface area contributed by atoms with Crippen LogP contribution in [0.1, 0.15) is 45.2 Å². The highest BCUT2D eigenvalue weighted by molar-refractivity contribution is 9.10. The summed E-state index contributed by atoms with van der Waals surface area (Å²) < 4.78 is 2.14. The van der Waals surface area contributed by atoms with E-state index in [-0.39, 0.29) is 10.8 Å². The van der Waals surface area contributed by atoms with E-state index in [0.717, 1.165) is 20.3 Å². The molecule has 5 aromatic carbocycles. The lowest BCUT2D eigenvalue weighted by molar-refractivity contribution is 0.403. The van der Waals surface area contributed by atoms with Crippen LogP contribution >= 0.6 is 31.9 Å². The topological polar surface area (TPSA) is 3.24 Å². The zero-order valence-corrected chi connectivity index (χ0v) is 25.4. The summed E-state index contributed by atoms with van der Waals surface area (Å²) in [7, 11) is 0. The second-order valence-corrected chi connectivity index (χ2v) is 13.5. The Morgan fingerprint density at radius 3 is 1.79 bits per heavy atom. The van der Waals surface area contributed by atoms with Crippen molar-refractivity contribution in [3.05, 3.63) is 123 Å². The fourth-order valence-corrected chi connectivity index (χ4v) is 6.95. The van der Waals surface area contributed by atoms with Crippen molar-refractivity contribution in [2.45, 2.75) is 44.9 Å². The lowest BCUT2D eigenvalue weighted by Gasteiger charge is -2.28. The third kappa shape index (κ3) is 4.50. The molecule has 0 unspecified atom stereocenters. The molecule has 0 radical (unpaired) electrons. The number of hydrogen-bond donors (Lipinski definition) is 0. The summed E-state index contributed by atoms with van der Waals surface area (Å²) in [5.41, 5.74) is 9.24. The first-order valence-electron chi connectivity index (χ1n) is 13.1. The lowest BCUT2D eigenvalue weighted by Crippen LogP contribution is -2.17. The van der Waals surface area contributed by atoms with Gasteiger partial charge in [-0.1, -0.05) is 102 Å². The molecule has 0 spiro atoms. The van der Waals surface area contributed by atoms with Gasteiger partial charge in [-0.25, -0.2) is 0 Å². The number of benzene rings is 5. The average Bonchev–Trinajstić information content (AvgIpc) is 3.09. The van der Waals surface area contributed by atoms with Crippen LogP contribution in [0.15, 0.2) is 112 Å². The molecule has 190 valence electrons. The maximum atomic E-state index is 3.62. The minimum absolute atomic E-state index is 0.162. The van der Waals surface area contributed by atoms with Crippen LogP contribution in [-0.4, -0.2) is 0 Å². The van der Waals surface area contributed by atoms with Gasteiger partial charge in [-0.3, -0.25) is 0 Å². The minimum atomic E-state index is 0.162. The van der Waals surface area contributed by atoms with Gasteiger partial charge in [0.25, 0.3) is 0 Å². The Morgan fingerprint density at radius 1 is 0.579 bits per heavy atom.